The molecule has 0 unspecified atom stereocenters. The summed E-state index contributed by atoms with van der Waals surface area (Å²) >= 11 is 0. The van der Waals surface area contributed by atoms with Gasteiger partial charge in [0.1, 0.15) is 5.82 Å². The van der Waals surface area contributed by atoms with Crippen LogP contribution in [0.25, 0.3) is 11.5 Å². The van der Waals surface area contributed by atoms with Crippen molar-refractivity contribution < 1.29 is 13.6 Å². The van der Waals surface area contributed by atoms with Crippen LogP contribution in [0.2, 0.25) is 0 Å². The van der Waals surface area contributed by atoms with Crippen molar-refractivity contribution in [3.63, 3.8) is 0 Å². The highest BCUT2D eigenvalue weighted by atomic mass is 19.1. The predicted octanol–water partition coefficient (Wildman–Crippen LogP) is 4.25. The van der Waals surface area contributed by atoms with Gasteiger partial charge >= 0.3 is 0 Å². The number of aryl methyl sites for hydroxylation is 1. The lowest BCUT2D eigenvalue weighted by atomic mass is 10.1. The van der Waals surface area contributed by atoms with Crippen molar-refractivity contribution in [3.8, 4) is 11.5 Å². The van der Waals surface area contributed by atoms with Gasteiger partial charge in [-0.3, -0.25) is 4.79 Å². The van der Waals surface area contributed by atoms with Crippen LogP contribution in [0.3, 0.4) is 0 Å². The number of amides is 1. The minimum absolute atomic E-state index is 0.0134. The zero-order chi connectivity index (χ0) is 19.2. The van der Waals surface area contributed by atoms with Gasteiger partial charge in [-0.25, -0.2) is 4.39 Å². The summed E-state index contributed by atoms with van der Waals surface area (Å²) in [5, 5.41) is 7.83. The molecule has 1 heterocycles. The van der Waals surface area contributed by atoms with Crippen LogP contribution in [-0.2, 0) is 17.8 Å². The van der Waals surface area contributed by atoms with Gasteiger partial charge in [0.15, 0.2) is 0 Å². The number of carbonyl (C=O) groups is 1. The van der Waals surface area contributed by atoms with E-state index in [1.807, 2.05) is 49.1 Å². The highest BCUT2D eigenvalue weighted by Crippen LogP contribution is 2.21. The average Bonchev–Trinajstić information content (AvgIpc) is 3.14. The minimum Gasteiger partial charge on any atom is -0.421 e. The van der Waals surface area contributed by atoms with Gasteiger partial charge in [0.25, 0.3) is 5.89 Å². The third kappa shape index (κ3) is 4.78. The maximum atomic E-state index is 13.8. The molecular formula is C21H22FN3O2. The van der Waals surface area contributed by atoms with Crippen LogP contribution in [0.1, 0.15) is 31.7 Å². The lowest BCUT2D eigenvalue weighted by Gasteiger charge is -2.27. The van der Waals surface area contributed by atoms with Gasteiger partial charge < -0.3 is 9.32 Å². The smallest absolute Gasteiger partial charge is 0.250 e. The average molecular weight is 367 g/mol. The molecule has 0 N–H and O–H groups in total. The Morgan fingerprint density at radius 2 is 1.78 bits per heavy atom. The van der Waals surface area contributed by atoms with Crippen LogP contribution in [0.4, 0.5) is 4.39 Å². The standard InChI is InChI=1S/C21H22FN3O2/c1-15(2)25(14-16-8-4-3-5-9-16)20(26)13-12-19-23-24-21(27-19)17-10-6-7-11-18(17)22/h3-11,15H,12-14H2,1-2H3. The fourth-order valence-corrected chi connectivity index (χ4v) is 2.79. The third-order valence-corrected chi connectivity index (χ3v) is 4.26. The molecule has 0 aliphatic heterocycles. The minimum atomic E-state index is -0.419. The molecule has 0 saturated heterocycles. The van der Waals surface area contributed by atoms with Crippen molar-refractivity contribution in [3.05, 3.63) is 71.9 Å². The maximum Gasteiger partial charge on any atom is 0.250 e. The summed E-state index contributed by atoms with van der Waals surface area (Å²) in [6, 6.07) is 16.2. The lowest BCUT2D eigenvalue weighted by molar-refractivity contribution is -0.133. The molecule has 3 rings (SSSR count). The summed E-state index contributed by atoms with van der Waals surface area (Å²) in [4.78, 5) is 14.5. The van der Waals surface area contributed by atoms with E-state index in [1.165, 1.54) is 6.07 Å². The Balaban J connectivity index is 1.63. The van der Waals surface area contributed by atoms with Crippen LogP contribution < -0.4 is 0 Å². The molecule has 140 valence electrons. The number of hydrogen-bond donors (Lipinski definition) is 0. The van der Waals surface area contributed by atoms with Gasteiger partial charge in [0.2, 0.25) is 11.8 Å². The number of rotatable bonds is 7. The van der Waals surface area contributed by atoms with E-state index in [-0.39, 0.29) is 29.8 Å². The molecule has 2 aromatic carbocycles. The van der Waals surface area contributed by atoms with E-state index in [2.05, 4.69) is 10.2 Å². The first-order valence-electron chi connectivity index (χ1n) is 8.95. The second-order valence-corrected chi connectivity index (χ2v) is 6.58. The van der Waals surface area contributed by atoms with Crippen molar-refractivity contribution in [1.82, 2.24) is 15.1 Å². The molecule has 0 fully saturated rings. The van der Waals surface area contributed by atoms with Gasteiger partial charge in [0, 0.05) is 25.4 Å². The summed E-state index contributed by atoms with van der Waals surface area (Å²) in [6.45, 7) is 4.54. The zero-order valence-electron chi connectivity index (χ0n) is 15.4. The van der Waals surface area contributed by atoms with E-state index in [4.69, 9.17) is 4.42 Å². The topological polar surface area (TPSA) is 59.2 Å². The van der Waals surface area contributed by atoms with E-state index >= 15 is 0 Å². The fraction of sp³-hybridized carbons (Fsp3) is 0.286. The third-order valence-electron chi connectivity index (χ3n) is 4.26. The predicted molar refractivity (Wildman–Crippen MR) is 100 cm³/mol. The number of aromatic nitrogens is 2. The van der Waals surface area contributed by atoms with Crippen molar-refractivity contribution in [1.29, 1.82) is 0 Å². The van der Waals surface area contributed by atoms with Crippen molar-refractivity contribution in [2.75, 3.05) is 0 Å². The van der Waals surface area contributed by atoms with Gasteiger partial charge in [0.05, 0.1) is 5.56 Å². The molecule has 0 atom stereocenters. The molecule has 1 aromatic heterocycles. The highest BCUT2D eigenvalue weighted by Gasteiger charge is 2.19. The Morgan fingerprint density at radius 3 is 2.48 bits per heavy atom. The van der Waals surface area contributed by atoms with Crippen LogP contribution in [0.15, 0.2) is 59.0 Å². The molecule has 1 amide bonds. The number of benzene rings is 2. The summed E-state index contributed by atoms with van der Waals surface area (Å²) in [5.74, 6) is 0.0442. The van der Waals surface area contributed by atoms with Gasteiger partial charge in [-0.1, -0.05) is 42.5 Å². The number of hydrogen-bond acceptors (Lipinski definition) is 4. The fourth-order valence-electron chi connectivity index (χ4n) is 2.79. The molecule has 0 saturated carbocycles. The molecule has 27 heavy (non-hydrogen) atoms. The normalized spacial score (nSPS) is 11.0. The van der Waals surface area contributed by atoms with Gasteiger partial charge in [-0.2, -0.15) is 0 Å². The van der Waals surface area contributed by atoms with E-state index in [1.54, 1.807) is 18.2 Å². The summed E-state index contributed by atoms with van der Waals surface area (Å²) in [6.07, 6.45) is 0.572. The monoisotopic (exact) mass is 367 g/mol. The Kier molecular flexibility index (Phi) is 5.96. The molecular weight excluding hydrogens is 345 g/mol. The summed E-state index contributed by atoms with van der Waals surface area (Å²) in [5.41, 5.74) is 1.34. The van der Waals surface area contributed by atoms with Crippen molar-refractivity contribution in [2.45, 2.75) is 39.3 Å². The Morgan fingerprint density at radius 1 is 1.07 bits per heavy atom. The molecule has 0 aliphatic carbocycles. The second kappa shape index (κ2) is 8.58. The summed E-state index contributed by atoms with van der Waals surface area (Å²) in [7, 11) is 0. The first-order valence-corrected chi connectivity index (χ1v) is 8.95. The first-order chi connectivity index (χ1) is 13.0. The van der Waals surface area contributed by atoms with E-state index in [9.17, 15) is 9.18 Å². The van der Waals surface area contributed by atoms with Crippen LogP contribution >= 0.6 is 0 Å². The number of nitrogens with zero attached hydrogens (tertiary/aromatic N) is 3. The maximum absolute atomic E-state index is 13.8. The first kappa shape index (κ1) is 18.8. The van der Waals surface area contributed by atoms with Gasteiger partial charge in [-0.15, -0.1) is 10.2 Å². The number of carbonyl (C=O) groups excluding carboxylic acids is 1. The second-order valence-electron chi connectivity index (χ2n) is 6.58. The Bertz CT molecular complexity index is 893. The molecule has 0 bridgehead atoms. The largest absolute Gasteiger partial charge is 0.421 e. The SMILES string of the molecule is CC(C)N(Cc1ccccc1)C(=O)CCc1nnc(-c2ccccc2F)o1. The Hall–Kier alpha value is -3.02. The van der Waals surface area contributed by atoms with Crippen LogP contribution in [0, 0.1) is 5.82 Å². The molecule has 0 spiro atoms. The summed E-state index contributed by atoms with van der Waals surface area (Å²) < 4.78 is 19.3. The van der Waals surface area contributed by atoms with Crippen molar-refractivity contribution >= 4 is 5.91 Å². The van der Waals surface area contributed by atoms with E-state index in [0.29, 0.717) is 18.9 Å². The zero-order valence-corrected chi connectivity index (χ0v) is 15.4. The molecule has 5 nitrogen and oxygen atoms in total. The van der Waals surface area contributed by atoms with Crippen LogP contribution in [-0.4, -0.2) is 27.0 Å². The van der Waals surface area contributed by atoms with Crippen molar-refractivity contribution in [2.24, 2.45) is 0 Å². The van der Waals surface area contributed by atoms with E-state index < -0.39 is 5.82 Å². The lowest BCUT2D eigenvalue weighted by Crippen LogP contribution is -2.36. The Labute approximate surface area is 157 Å². The van der Waals surface area contributed by atoms with Crippen LogP contribution in [0.5, 0.6) is 0 Å². The molecule has 3 aromatic rings. The highest BCUT2D eigenvalue weighted by molar-refractivity contribution is 5.76. The molecule has 6 heteroatoms. The van der Waals surface area contributed by atoms with E-state index in [0.717, 1.165) is 5.56 Å². The molecule has 0 radical (unpaired) electrons. The molecule has 0 aliphatic rings. The van der Waals surface area contributed by atoms with Gasteiger partial charge in [-0.05, 0) is 31.5 Å². The quantitative estimate of drug-likeness (QED) is 0.626. The number of halogens is 1.